The first kappa shape index (κ1) is 9.86. The molecule has 3 rings (SSSR count). The van der Waals surface area contributed by atoms with Crippen LogP contribution in [-0.4, -0.2) is 35.9 Å². The van der Waals surface area contributed by atoms with Gasteiger partial charge in [0.25, 0.3) is 0 Å². The van der Waals surface area contributed by atoms with E-state index in [1.54, 1.807) is 0 Å². The summed E-state index contributed by atoms with van der Waals surface area (Å²) in [6, 6.07) is 0. The van der Waals surface area contributed by atoms with Crippen molar-refractivity contribution in [2.75, 3.05) is 19.6 Å². The molecule has 0 aliphatic carbocycles. The van der Waals surface area contributed by atoms with Gasteiger partial charge in [-0.3, -0.25) is 5.43 Å². The lowest BCUT2D eigenvalue weighted by Gasteiger charge is -2.43. The molecule has 0 aromatic carbocycles. The molecule has 2 bridgehead atoms. The van der Waals surface area contributed by atoms with Crippen LogP contribution in [0, 0.1) is 11.8 Å². The number of nitrogens with zero attached hydrogens (tertiary/aromatic N) is 2. The van der Waals surface area contributed by atoms with E-state index in [0.717, 1.165) is 12.5 Å². The van der Waals surface area contributed by atoms with E-state index in [9.17, 15) is 0 Å². The Labute approximate surface area is 89.5 Å². The molecule has 3 heterocycles. The molecule has 0 saturated carbocycles. The molecular formula is C9H16N4S. The molecule has 3 aliphatic rings. The summed E-state index contributed by atoms with van der Waals surface area (Å²) in [7, 11) is 0. The molecule has 0 spiro atoms. The molecule has 14 heavy (non-hydrogen) atoms. The van der Waals surface area contributed by atoms with Crippen molar-refractivity contribution in [2.45, 2.75) is 12.8 Å². The molecular weight excluding hydrogens is 196 g/mol. The molecule has 3 fully saturated rings. The van der Waals surface area contributed by atoms with Gasteiger partial charge in [-0.25, -0.2) is 0 Å². The van der Waals surface area contributed by atoms with Crippen LogP contribution in [0.2, 0.25) is 0 Å². The number of nitrogens with one attached hydrogen (secondary N) is 1. The SMILES string of the molecule is NC(=S)N/N=C/C1CN2CCC1CC2. The lowest BCUT2D eigenvalue weighted by molar-refractivity contribution is 0.0839. The zero-order chi connectivity index (χ0) is 9.97. The fourth-order valence-corrected chi connectivity index (χ4v) is 2.43. The summed E-state index contributed by atoms with van der Waals surface area (Å²) >= 11 is 4.67. The first-order chi connectivity index (χ1) is 6.75. The standard InChI is InChI=1S/C9H16N4S/c10-9(14)12-11-5-8-6-13-3-1-7(8)2-4-13/h5,7-8H,1-4,6H2,(H3,10,12,14)/b11-5+. The van der Waals surface area contributed by atoms with Crippen LogP contribution in [0.4, 0.5) is 0 Å². The van der Waals surface area contributed by atoms with E-state index in [2.05, 4.69) is 27.6 Å². The van der Waals surface area contributed by atoms with Crippen molar-refractivity contribution in [3.8, 4) is 0 Å². The maximum absolute atomic E-state index is 5.28. The summed E-state index contributed by atoms with van der Waals surface area (Å²) < 4.78 is 0. The minimum absolute atomic E-state index is 0.238. The highest BCUT2D eigenvalue weighted by Gasteiger charge is 2.32. The van der Waals surface area contributed by atoms with E-state index in [1.807, 2.05) is 6.21 Å². The van der Waals surface area contributed by atoms with Gasteiger partial charge in [0.1, 0.15) is 0 Å². The Morgan fingerprint density at radius 1 is 1.50 bits per heavy atom. The summed E-state index contributed by atoms with van der Waals surface area (Å²) in [5.41, 5.74) is 7.89. The maximum atomic E-state index is 5.28. The predicted molar refractivity (Wildman–Crippen MR) is 61.1 cm³/mol. The van der Waals surface area contributed by atoms with Gasteiger partial charge in [-0.2, -0.15) is 5.10 Å². The highest BCUT2D eigenvalue weighted by atomic mass is 32.1. The fraction of sp³-hybridized carbons (Fsp3) is 0.778. The molecule has 3 N–H and O–H groups in total. The number of rotatable bonds is 2. The van der Waals surface area contributed by atoms with Gasteiger partial charge in [-0.1, -0.05) is 0 Å². The van der Waals surface area contributed by atoms with Gasteiger partial charge in [0.15, 0.2) is 5.11 Å². The van der Waals surface area contributed by atoms with Crippen LogP contribution in [0.1, 0.15) is 12.8 Å². The predicted octanol–water partition coefficient (Wildman–Crippen LogP) is 0.147. The Bertz CT molecular complexity index is 245. The van der Waals surface area contributed by atoms with Crippen LogP contribution in [0.25, 0.3) is 0 Å². The second kappa shape index (κ2) is 4.23. The fourth-order valence-electron chi connectivity index (χ4n) is 2.38. The number of hydrogen-bond donors (Lipinski definition) is 2. The van der Waals surface area contributed by atoms with Crippen LogP contribution < -0.4 is 11.2 Å². The summed E-state index contributed by atoms with van der Waals surface area (Å²) in [5, 5.41) is 4.28. The van der Waals surface area contributed by atoms with E-state index < -0.39 is 0 Å². The van der Waals surface area contributed by atoms with Crippen LogP contribution in [0.5, 0.6) is 0 Å². The Balaban J connectivity index is 1.86. The van der Waals surface area contributed by atoms with Gasteiger partial charge < -0.3 is 10.6 Å². The highest BCUT2D eigenvalue weighted by molar-refractivity contribution is 7.80. The van der Waals surface area contributed by atoms with Crippen LogP contribution in [-0.2, 0) is 0 Å². The first-order valence-electron chi connectivity index (χ1n) is 5.06. The average molecular weight is 212 g/mol. The van der Waals surface area contributed by atoms with Crippen LogP contribution >= 0.6 is 12.2 Å². The molecule has 3 aliphatic heterocycles. The van der Waals surface area contributed by atoms with E-state index in [4.69, 9.17) is 5.73 Å². The van der Waals surface area contributed by atoms with Crippen molar-refractivity contribution in [1.82, 2.24) is 10.3 Å². The average Bonchev–Trinajstić information content (AvgIpc) is 2.19. The van der Waals surface area contributed by atoms with E-state index in [1.165, 1.54) is 25.9 Å². The monoisotopic (exact) mass is 212 g/mol. The number of fused-ring (bicyclic) bond motifs is 3. The Hall–Kier alpha value is -0.680. The molecule has 3 saturated heterocycles. The van der Waals surface area contributed by atoms with E-state index >= 15 is 0 Å². The summed E-state index contributed by atoms with van der Waals surface area (Å²) in [6.07, 6.45) is 4.59. The first-order valence-corrected chi connectivity index (χ1v) is 5.47. The Morgan fingerprint density at radius 3 is 2.71 bits per heavy atom. The molecule has 78 valence electrons. The quantitative estimate of drug-likeness (QED) is 0.388. The lowest BCUT2D eigenvalue weighted by Crippen LogP contribution is -2.48. The van der Waals surface area contributed by atoms with Crippen molar-refractivity contribution in [2.24, 2.45) is 22.7 Å². The van der Waals surface area contributed by atoms with Crippen molar-refractivity contribution in [3.05, 3.63) is 0 Å². The second-order valence-corrected chi connectivity index (χ2v) is 4.50. The van der Waals surface area contributed by atoms with Crippen molar-refractivity contribution in [1.29, 1.82) is 0 Å². The van der Waals surface area contributed by atoms with Crippen LogP contribution in [0.3, 0.4) is 0 Å². The minimum atomic E-state index is 0.238. The normalized spacial score (nSPS) is 36.1. The number of hydrazone groups is 1. The third-order valence-corrected chi connectivity index (χ3v) is 3.24. The molecule has 4 nitrogen and oxygen atoms in total. The van der Waals surface area contributed by atoms with Crippen molar-refractivity contribution < 1.29 is 0 Å². The van der Waals surface area contributed by atoms with Crippen LogP contribution in [0.15, 0.2) is 5.10 Å². The minimum Gasteiger partial charge on any atom is -0.375 e. The largest absolute Gasteiger partial charge is 0.375 e. The van der Waals surface area contributed by atoms with Crippen molar-refractivity contribution >= 4 is 23.5 Å². The van der Waals surface area contributed by atoms with Gasteiger partial charge in [0, 0.05) is 18.7 Å². The molecule has 5 heteroatoms. The topological polar surface area (TPSA) is 53.6 Å². The zero-order valence-corrected chi connectivity index (χ0v) is 8.96. The van der Waals surface area contributed by atoms with E-state index in [-0.39, 0.29) is 5.11 Å². The van der Waals surface area contributed by atoms with Gasteiger partial charge in [0.05, 0.1) is 0 Å². The summed E-state index contributed by atoms with van der Waals surface area (Å²) in [5.74, 6) is 1.40. The van der Waals surface area contributed by atoms with Gasteiger partial charge in [0.2, 0.25) is 0 Å². The number of piperidine rings is 3. The molecule has 1 atom stereocenters. The third kappa shape index (κ3) is 2.22. The van der Waals surface area contributed by atoms with E-state index in [0.29, 0.717) is 5.92 Å². The third-order valence-electron chi connectivity index (χ3n) is 3.15. The lowest BCUT2D eigenvalue weighted by atomic mass is 9.80. The van der Waals surface area contributed by atoms with Gasteiger partial charge in [-0.15, -0.1) is 0 Å². The second-order valence-electron chi connectivity index (χ2n) is 4.06. The summed E-state index contributed by atoms with van der Waals surface area (Å²) in [6.45, 7) is 3.67. The number of thiocarbonyl (C=S) groups is 1. The summed E-state index contributed by atoms with van der Waals surface area (Å²) in [4.78, 5) is 2.50. The highest BCUT2D eigenvalue weighted by Crippen LogP contribution is 2.30. The van der Waals surface area contributed by atoms with Gasteiger partial charge >= 0.3 is 0 Å². The van der Waals surface area contributed by atoms with Gasteiger partial charge in [-0.05, 0) is 44.1 Å². The molecule has 0 aromatic rings. The maximum Gasteiger partial charge on any atom is 0.184 e. The zero-order valence-electron chi connectivity index (χ0n) is 8.15. The molecule has 0 aromatic heterocycles. The molecule has 0 radical (unpaired) electrons. The number of nitrogens with two attached hydrogens (primary N) is 1. The van der Waals surface area contributed by atoms with Crippen molar-refractivity contribution in [3.63, 3.8) is 0 Å². The Kier molecular flexibility index (Phi) is 2.98. The molecule has 1 unspecified atom stereocenters. The Morgan fingerprint density at radius 2 is 2.21 bits per heavy atom. The number of hydrogen-bond acceptors (Lipinski definition) is 3. The molecule has 0 amide bonds. The smallest absolute Gasteiger partial charge is 0.184 e.